The Morgan fingerprint density at radius 2 is 1.74 bits per heavy atom. The van der Waals surface area contributed by atoms with Crippen LogP contribution in [0.25, 0.3) is 31.4 Å². The van der Waals surface area contributed by atoms with E-state index in [2.05, 4.69) is 33.7 Å². The molecule has 0 aliphatic rings. The number of aromatic amines is 1. The third kappa shape index (κ3) is 2.88. The number of rotatable bonds is 3. The second-order valence-corrected chi connectivity index (χ2v) is 7.41. The number of carbonyl (C=O) groups excluding carboxylic acids is 1. The molecule has 2 N–H and O–H groups in total. The summed E-state index contributed by atoms with van der Waals surface area (Å²) in [5.41, 5.74) is 3.32. The van der Waals surface area contributed by atoms with Crippen molar-refractivity contribution in [2.24, 2.45) is 0 Å². The zero-order chi connectivity index (χ0) is 18.2. The molecule has 2 heterocycles. The number of hydrogen-bond donors (Lipinski definition) is 2. The maximum atomic E-state index is 12.8. The van der Waals surface area contributed by atoms with Gasteiger partial charge >= 0.3 is 0 Å². The zero-order valence-electron chi connectivity index (χ0n) is 14.3. The number of fused-ring (bicyclic) bond motifs is 2. The van der Waals surface area contributed by atoms with Crippen molar-refractivity contribution in [1.29, 1.82) is 0 Å². The SMILES string of the molecule is O=C(Nc1ccccc1)c1cc(-c2cc3ccccc3s2)c2[nH]ncc2c1. The molecule has 0 atom stereocenters. The average molecular weight is 369 g/mol. The molecule has 1 amide bonds. The summed E-state index contributed by atoms with van der Waals surface area (Å²) < 4.78 is 1.22. The zero-order valence-corrected chi connectivity index (χ0v) is 15.1. The molecule has 2 aromatic heterocycles. The summed E-state index contributed by atoms with van der Waals surface area (Å²) in [6.07, 6.45) is 1.76. The Kier molecular flexibility index (Phi) is 3.73. The molecule has 0 aliphatic carbocycles. The van der Waals surface area contributed by atoms with Gasteiger partial charge in [-0.1, -0.05) is 36.4 Å². The fraction of sp³-hybridized carbons (Fsp3) is 0. The molecule has 0 saturated heterocycles. The smallest absolute Gasteiger partial charge is 0.255 e. The standard InChI is InChI=1S/C22H15N3OS/c26-22(24-17-7-2-1-3-8-17)15-10-16-13-23-25-21(16)18(11-15)20-12-14-6-4-5-9-19(14)27-20/h1-13H,(H,23,25)(H,24,26). The van der Waals surface area contributed by atoms with E-state index in [-0.39, 0.29) is 5.91 Å². The summed E-state index contributed by atoms with van der Waals surface area (Å²) in [6, 6.07) is 23.7. The monoisotopic (exact) mass is 369 g/mol. The van der Waals surface area contributed by atoms with Crippen LogP contribution in [0.4, 0.5) is 5.69 Å². The Morgan fingerprint density at radius 1 is 0.926 bits per heavy atom. The molecule has 130 valence electrons. The van der Waals surface area contributed by atoms with Crippen LogP contribution in [0.5, 0.6) is 0 Å². The lowest BCUT2D eigenvalue weighted by molar-refractivity contribution is 0.102. The summed E-state index contributed by atoms with van der Waals surface area (Å²) in [6.45, 7) is 0. The van der Waals surface area contributed by atoms with Gasteiger partial charge in [0.25, 0.3) is 5.91 Å². The van der Waals surface area contributed by atoms with Crippen LogP contribution in [0, 0.1) is 0 Å². The molecule has 27 heavy (non-hydrogen) atoms. The van der Waals surface area contributed by atoms with Gasteiger partial charge in [-0.05, 0) is 41.8 Å². The fourth-order valence-electron chi connectivity index (χ4n) is 3.22. The Labute approximate surface area is 159 Å². The Balaban J connectivity index is 1.62. The molecular formula is C22H15N3OS. The minimum absolute atomic E-state index is 0.133. The van der Waals surface area contributed by atoms with Gasteiger partial charge in [0.15, 0.2) is 0 Å². The first kappa shape index (κ1) is 15.8. The number of aromatic nitrogens is 2. The average Bonchev–Trinajstić information content (AvgIpc) is 3.34. The largest absolute Gasteiger partial charge is 0.322 e. The van der Waals surface area contributed by atoms with Crippen molar-refractivity contribution in [3.8, 4) is 10.4 Å². The van der Waals surface area contributed by atoms with Crippen molar-refractivity contribution in [2.75, 3.05) is 5.32 Å². The van der Waals surface area contributed by atoms with Crippen LogP contribution >= 0.6 is 11.3 Å². The Bertz CT molecular complexity index is 1240. The van der Waals surface area contributed by atoms with E-state index in [0.717, 1.165) is 27.0 Å². The van der Waals surface area contributed by atoms with Crippen molar-refractivity contribution in [1.82, 2.24) is 10.2 Å². The summed E-state index contributed by atoms with van der Waals surface area (Å²) >= 11 is 1.71. The van der Waals surface area contributed by atoms with Crippen molar-refractivity contribution >= 4 is 43.9 Å². The van der Waals surface area contributed by atoms with Crippen molar-refractivity contribution in [3.63, 3.8) is 0 Å². The van der Waals surface area contributed by atoms with E-state index >= 15 is 0 Å². The van der Waals surface area contributed by atoms with Gasteiger partial charge < -0.3 is 5.32 Å². The van der Waals surface area contributed by atoms with E-state index < -0.39 is 0 Å². The topological polar surface area (TPSA) is 57.8 Å². The van der Waals surface area contributed by atoms with Gasteiger partial charge in [0.05, 0.1) is 11.7 Å². The molecule has 0 radical (unpaired) electrons. The van der Waals surface area contributed by atoms with Crippen LogP contribution in [0.15, 0.2) is 79.0 Å². The summed E-state index contributed by atoms with van der Waals surface area (Å²) in [5.74, 6) is -0.133. The van der Waals surface area contributed by atoms with Crippen molar-refractivity contribution in [3.05, 3.63) is 84.6 Å². The van der Waals surface area contributed by atoms with Crippen LogP contribution in [0.2, 0.25) is 0 Å². The van der Waals surface area contributed by atoms with Crippen LogP contribution in [-0.4, -0.2) is 16.1 Å². The molecule has 5 heteroatoms. The van der Waals surface area contributed by atoms with Gasteiger partial charge in [-0.25, -0.2) is 0 Å². The Morgan fingerprint density at radius 3 is 2.59 bits per heavy atom. The highest BCUT2D eigenvalue weighted by atomic mass is 32.1. The van der Waals surface area contributed by atoms with Crippen molar-refractivity contribution < 1.29 is 4.79 Å². The van der Waals surface area contributed by atoms with E-state index in [4.69, 9.17) is 0 Å². The number of amides is 1. The van der Waals surface area contributed by atoms with Crippen LogP contribution in [-0.2, 0) is 0 Å². The minimum atomic E-state index is -0.133. The first-order valence-corrected chi connectivity index (χ1v) is 9.42. The lowest BCUT2D eigenvalue weighted by Crippen LogP contribution is -2.11. The van der Waals surface area contributed by atoms with E-state index in [1.54, 1.807) is 17.5 Å². The first-order valence-electron chi connectivity index (χ1n) is 8.60. The first-order chi connectivity index (χ1) is 13.3. The lowest BCUT2D eigenvalue weighted by Gasteiger charge is -2.08. The number of carbonyl (C=O) groups is 1. The molecular weight excluding hydrogens is 354 g/mol. The molecule has 0 bridgehead atoms. The molecule has 0 aliphatic heterocycles. The van der Waals surface area contributed by atoms with Crippen LogP contribution in [0.3, 0.4) is 0 Å². The summed E-state index contributed by atoms with van der Waals surface area (Å²) in [4.78, 5) is 13.9. The maximum Gasteiger partial charge on any atom is 0.255 e. The molecule has 0 fully saturated rings. The fourth-order valence-corrected chi connectivity index (χ4v) is 4.31. The van der Waals surface area contributed by atoms with E-state index in [0.29, 0.717) is 5.56 Å². The highest BCUT2D eigenvalue weighted by Crippen LogP contribution is 2.37. The third-order valence-electron chi connectivity index (χ3n) is 4.53. The van der Waals surface area contributed by atoms with E-state index in [1.165, 1.54) is 10.1 Å². The number of thiophene rings is 1. The summed E-state index contributed by atoms with van der Waals surface area (Å²) in [5, 5.41) is 12.3. The maximum absolute atomic E-state index is 12.8. The number of H-pyrrole nitrogens is 1. The number of hydrogen-bond acceptors (Lipinski definition) is 3. The molecule has 5 aromatic rings. The number of nitrogens with one attached hydrogen (secondary N) is 2. The van der Waals surface area contributed by atoms with Gasteiger partial charge in [0.2, 0.25) is 0 Å². The van der Waals surface area contributed by atoms with Gasteiger partial charge in [0.1, 0.15) is 0 Å². The predicted molar refractivity (Wildman–Crippen MR) is 111 cm³/mol. The predicted octanol–water partition coefficient (Wildman–Crippen LogP) is 5.70. The molecule has 3 aromatic carbocycles. The summed E-state index contributed by atoms with van der Waals surface area (Å²) in [7, 11) is 0. The number of anilines is 1. The Hall–Kier alpha value is -3.44. The van der Waals surface area contributed by atoms with Gasteiger partial charge in [-0.15, -0.1) is 11.3 Å². The van der Waals surface area contributed by atoms with Crippen LogP contribution in [0.1, 0.15) is 10.4 Å². The normalized spacial score (nSPS) is 11.1. The van der Waals surface area contributed by atoms with E-state index in [1.807, 2.05) is 54.6 Å². The number of para-hydroxylation sites is 1. The van der Waals surface area contributed by atoms with Crippen LogP contribution < -0.4 is 5.32 Å². The van der Waals surface area contributed by atoms with Gasteiger partial charge in [-0.3, -0.25) is 9.89 Å². The minimum Gasteiger partial charge on any atom is -0.322 e. The van der Waals surface area contributed by atoms with Gasteiger partial charge in [-0.2, -0.15) is 5.10 Å². The lowest BCUT2D eigenvalue weighted by atomic mass is 10.0. The second kappa shape index (κ2) is 6.37. The molecule has 0 unspecified atom stereocenters. The van der Waals surface area contributed by atoms with Gasteiger partial charge in [0, 0.05) is 31.8 Å². The highest BCUT2D eigenvalue weighted by molar-refractivity contribution is 7.22. The van der Waals surface area contributed by atoms with Crippen molar-refractivity contribution in [2.45, 2.75) is 0 Å². The third-order valence-corrected chi connectivity index (χ3v) is 5.68. The molecule has 0 spiro atoms. The molecule has 0 saturated carbocycles. The number of nitrogens with zero attached hydrogens (tertiary/aromatic N) is 1. The molecule has 5 rings (SSSR count). The number of benzene rings is 3. The quantitative estimate of drug-likeness (QED) is 0.429. The van der Waals surface area contributed by atoms with E-state index in [9.17, 15) is 4.79 Å². The second-order valence-electron chi connectivity index (χ2n) is 6.33. The molecule has 4 nitrogen and oxygen atoms in total. The highest BCUT2D eigenvalue weighted by Gasteiger charge is 2.15.